The highest BCUT2D eigenvalue weighted by molar-refractivity contribution is 5.89. The van der Waals surface area contributed by atoms with Gasteiger partial charge in [-0.25, -0.2) is 4.79 Å². The SMILES string of the molecule is CC(CN)(NC(=O)Nc1ccc(C(F)(F)F)cc1)C1CC1. The Morgan fingerprint density at radius 1 is 1.29 bits per heavy atom. The summed E-state index contributed by atoms with van der Waals surface area (Å²) >= 11 is 0. The summed E-state index contributed by atoms with van der Waals surface area (Å²) in [5.74, 6) is 0.362. The molecule has 1 unspecified atom stereocenters. The number of halogens is 3. The van der Waals surface area contributed by atoms with Crippen LogP contribution in [-0.4, -0.2) is 18.1 Å². The first-order valence-electron chi connectivity index (χ1n) is 6.71. The molecule has 21 heavy (non-hydrogen) atoms. The van der Waals surface area contributed by atoms with Gasteiger partial charge in [-0.1, -0.05) is 0 Å². The Hall–Kier alpha value is -1.76. The van der Waals surface area contributed by atoms with E-state index in [1.807, 2.05) is 6.92 Å². The maximum Gasteiger partial charge on any atom is 0.416 e. The number of hydrogen-bond acceptors (Lipinski definition) is 2. The minimum Gasteiger partial charge on any atom is -0.331 e. The molecule has 116 valence electrons. The minimum atomic E-state index is -4.38. The number of alkyl halides is 3. The molecule has 4 nitrogen and oxygen atoms in total. The van der Waals surface area contributed by atoms with Crippen molar-refractivity contribution in [2.75, 3.05) is 11.9 Å². The number of urea groups is 1. The highest BCUT2D eigenvalue weighted by atomic mass is 19.4. The summed E-state index contributed by atoms with van der Waals surface area (Å²) < 4.78 is 37.3. The number of nitrogens with two attached hydrogens (primary N) is 1. The number of carbonyl (C=O) groups is 1. The van der Waals surface area contributed by atoms with Gasteiger partial charge in [0.2, 0.25) is 0 Å². The number of nitrogens with one attached hydrogen (secondary N) is 2. The van der Waals surface area contributed by atoms with E-state index in [2.05, 4.69) is 10.6 Å². The van der Waals surface area contributed by atoms with Crippen LogP contribution in [-0.2, 0) is 6.18 Å². The molecule has 1 saturated carbocycles. The molecule has 0 spiro atoms. The molecular formula is C14H18F3N3O. The molecule has 1 atom stereocenters. The second kappa shape index (κ2) is 5.55. The molecule has 0 radical (unpaired) electrons. The van der Waals surface area contributed by atoms with E-state index in [1.165, 1.54) is 12.1 Å². The van der Waals surface area contributed by atoms with Crippen molar-refractivity contribution in [2.45, 2.75) is 31.5 Å². The summed E-state index contributed by atoms with van der Waals surface area (Å²) in [6.07, 6.45) is -2.34. The van der Waals surface area contributed by atoms with Crippen molar-refractivity contribution in [1.82, 2.24) is 5.32 Å². The zero-order valence-corrected chi connectivity index (χ0v) is 11.6. The third-order valence-electron chi connectivity index (χ3n) is 3.77. The van der Waals surface area contributed by atoms with E-state index in [0.717, 1.165) is 25.0 Å². The van der Waals surface area contributed by atoms with Crippen molar-refractivity contribution < 1.29 is 18.0 Å². The molecule has 0 heterocycles. The smallest absolute Gasteiger partial charge is 0.331 e. The Kier molecular flexibility index (Phi) is 4.13. The molecule has 0 aliphatic heterocycles. The third-order valence-corrected chi connectivity index (χ3v) is 3.77. The fourth-order valence-electron chi connectivity index (χ4n) is 2.20. The van der Waals surface area contributed by atoms with Gasteiger partial charge in [-0.3, -0.25) is 0 Å². The number of rotatable bonds is 4. The van der Waals surface area contributed by atoms with Gasteiger partial charge in [-0.2, -0.15) is 13.2 Å². The number of anilines is 1. The molecule has 0 saturated heterocycles. The highest BCUT2D eigenvalue weighted by Gasteiger charge is 2.41. The van der Waals surface area contributed by atoms with Crippen molar-refractivity contribution in [3.63, 3.8) is 0 Å². The summed E-state index contributed by atoms with van der Waals surface area (Å²) in [7, 11) is 0. The van der Waals surface area contributed by atoms with E-state index < -0.39 is 23.3 Å². The van der Waals surface area contributed by atoms with Crippen molar-refractivity contribution in [1.29, 1.82) is 0 Å². The highest BCUT2D eigenvalue weighted by Crippen LogP contribution is 2.39. The Balaban J connectivity index is 1.96. The average molecular weight is 301 g/mol. The Morgan fingerprint density at radius 3 is 2.29 bits per heavy atom. The molecule has 1 aromatic carbocycles. The Bertz CT molecular complexity index is 511. The first-order valence-corrected chi connectivity index (χ1v) is 6.71. The van der Waals surface area contributed by atoms with Crippen LogP contribution in [0.5, 0.6) is 0 Å². The fourth-order valence-corrected chi connectivity index (χ4v) is 2.20. The molecule has 1 fully saturated rings. The van der Waals surface area contributed by atoms with Gasteiger partial charge in [0.25, 0.3) is 0 Å². The molecule has 4 N–H and O–H groups in total. The number of amides is 2. The lowest BCUT2D eigenvalue weighted by atomic mass is 9.96. The lowest BCUT2D eigenvalue weighted by molar-refractivity contribution is -0.137. The van der Waals surface area contributed by atoms with Crippen LogP contribution in [0.25, 0.3) is 0 Å². The van der Waals surface area contributed by atoms with Crippen molar-refractivity contribution in [3.05, 3.63) is 29.8 Å². The minimum absolute atomic E-state index is 0.302. The van der Waals surface area contributed by atoms with E-state index in [1.54, 1.807) is 0 Å². The molecule has 2 rings (SSSR count). The second-order valence-electron chi connectivity index (χ2n) is 5.55. The molecule has 2 amide bonds. The van der Waals surface area contributed by atoms with Crippen molar-refractivity contribution in [2.24, 2.45) is 11.7 Å². The van der Waals surface area contributed by atoms with Gasteiger partial charge in [0.15, 0.2) is 0 Å². The van der Waals surface area contributed by atoms with Gasteiger partial charge < -0.3 is 16.4 Å². The zero-order chi connectivity index (χ0) is 15.7. The summed E-state index contributed by atoms with van der Waals surface area (Å²) in [5.41, 5.74) is 4.76. The predicted molar refractivity (Wildman–Crippen MR) is 73.8 cm³/mol. The lowest BCUT2D eigenvalue weighted by Gasteiger charge is -2.29. The number of benzene rings is 1. The van der Waals surface area contributed by atoms with Crippen LogP contribution in [0.3, 0.4) is 0 Å². The van der Waals surface area contributed by atoms with Crippen LogP contribution in [0.15, 0.2) is 24.3 Å². The third kappa shape index (κ3) is 3.87. The predicted octanol–water partition coefficient (Wildman–Crippen LogP) is 2.95. The number of hydrogen-bond donors (Lipinski definition) is 3. The maximum absolute atomic E-state index is 12.4. The first kappa shape index (κ1) is 15.6. The Labute approximate surface area is 120 Å². The van der Waals surface area contributed by atoms with E-state index >= 15 is 0 Å². The summed E-state index contributed by atoms with van der Waals surface area (Å²) in [6.45, 7) is 2.19. The van der Waals surface area contributed by atoms with E-state index in [4.69, 9.17) is 5.73 Å². The Morgan fingerprint density at radius 2 is 1.86 bits per heavy atom. The second-order valence-corrected chi connectivity index (χ2v) is 5.55. The van der Waals surface area contributed by atoms with Crippen molar-refractivity contribution >= 4 is 11.7 Å². The van der Waals surface area contributed by atoms with Crippen LogP contribution in [0.2, 0.25) is 0 Å². The molecule has 1 aliphatic carbocycles. The number of carbonyl (C=O) groups excluding carboxylic acids is 1. The van der Waals surface area contributed by atoms with E-state index in [0.29, 0.717) is 18.2 Å². The lowest BCUT2D eigenvalue weighted by Crippen LogP contribution is -2.54. The van der Waals surface area contributed by atoms with Crippen LogP contribution < -0.4 is 16.4 Å². The van der Waals surface area contributed by atoms with Gasteiger partial charge in [0.05, 0.1) is 11.1 Å². The van der Waals surface area contributed by atoms with Crippen molar-refractivity contribution in [3.8, 4) is 0 Å². The molecule has 0 aromatic heterocycles. The van der Waals surface area contributed by atoms with Gasteiger partial charge in [-0.05, 0) is 49.9 Å². The van der Waals surface area contributed by atoms with Gasteiger partial charge in [0, 0.05) is 12.2 Å². The summed E-state index contributed by atoms with van der Waals surface area (Å²) in [6, 6.07) is 3.84. The van der Waals surface area contributed by atoms with E-state index in [9.17, 15) is 18.0 Å². The molecule has 1 aromatic rings. The first-order chi connectivity index (χ1) is 9.74. The average Bonchev–Trinajstić information content (AvgIpc) is 3.22. The van der Waals surface area contributed by atoms with Crippen LogP contribution >= 0.6 is 0 Å². The van der Waals surface area contributed by atoms with Gasteiger partial charge in [-0.15, -0.1) is 0 Å². The van der Waals surface area contributed by atoms with Crippen LogP contribution in [0.1, 0.15) is 25.3 Å². The van der Waals surface area contributed by atoms with Crippen LogP contribution in [0, 0.1) is 5.92 Å². The quantitative estimate of drug-likeness (QED) is 0.800. The largest absolute Gasteiger partial charge is 0.416 e. The van der Waals surface area contributed by atoms with Gasteiger partial charge in [0.1, 0.15) is 0 Å². The van der Waals surface area contributed by atoms with E-state index in [-0.39, 0.29) is 0 Å². The normalized spacial score (nSPS) is 18.0. The topological polar surface area (TPSA) is 67.1 Å². The molecule has 1 aliphatic rings. The maximum atomic E-state index is 12.4. The molecule has 7 heteroatoms. The standard InChI is InChI=1S/C14H18F3N3O/c1-13(8-18,9-2-3-9)20-12(21)19-11-6-4-10(5-7-11)14(15,16)17/h4-7,9H,2-3,8,18H2,1H3,(H2,19,20,21). The summed E-state index contributed by atoms with van der Waals surface area (Å²) in [5, 5.41) is 5.32. The monoisotopic (exact) mass is 301 g/mol. The molecular weight excluding hydrogens is 283 g/mol. The van der Waals surface area contributed by atoms with Gasteiger partial charge >= 0.3 is 12.2 Å². The molecule has 0 bridgehead atoms. The zero-order valence-electron chi connectivity index (χ0n) is 11.6. The summed E-state index contributed by atoms with van der Waals surface area (Å²) in [4.78, 5) is 11.9. The van der Waals surface area contributed by atoms with Crippen LogP contribution in [0.4, 0.5) is 23.7 Å². The fraction of sp³-hybridized carbons (Fsp3) is 0.500.